The van der Waals surface area contributed by atoms with E-state index in [1.807, 2.05) is 6.07 Å². The van der Waals surface area contributed by atoms with E-state index in [0.717, 1.165) is 72.4 Å². The Bertz CT molecular complexity index is 2950. The minimum Gasteiger partial charge on any atom is -0.455 e. The smallest absolute Gasteiger partial charge is 0.143 e. The highest BCUT2D eigenvalue weighted by atomic mass is 16.3. The van der Waals surface area contributed by atoms with Crippen LogP contribution in [0.15, 0.2) is 229 Å². The van der Waals surface area contributed by atoms with E-state index in [2.05, 4.69) is 223 Å². The molecule has 9 aromatic carbocycles. The van der Waals surface area contributed by atoms with E-state index < -0.39 is 0 Å². The zero-order valence-corrected chi connectivity index (χ0v) is 30.7. The van der Waals surface area contributed by atoms with Crippen molar-refractivity contribution < 1.29 is 4.42 Å². The van der Waals surface area contributed by atoms with Gasteiger partial charge in [0.25, 0.3) is 0 Å². The molecule has 0 aliphatic heterocycles. The molecule has 264 valence electrons. The Morgan fingerprint density at radius 2 is 0.804 bits per heavy atom. The van der Waals surface area contributed by atoms with Gasteiger partial charge in [-0.15, -0.1) is 0 Å². The first-order valence-corrected chi connectivity index (χ1v) is 19.1. The fourth-order valence-corrected chi connectivity index (χ4v) is 8.01. The molecule has 0 saturated carbocycles. The first kappa shape index (κ1) is 33.2. The summed E-state index contributed by atoms with van der Waals surface area (Å²) >= 11 is 0. The molecule has 0 fully saturated rings. The van der Waals surface area contributed by atoms with Crippen molar-refractivity contribution in [3.8, 4) is 55.6 Å². The molecular weight excluding hydrogens is 679 g/mol. The molecule has 0 aliphatic rings. The van der Waals surface area contributed by atoms with Crippen LogP contribution < -0.4 is 4.90 Å². The van der Waals surface area contributed by atoms with Crippen LogP contribution in [0.3, 0.4) is 0 Å². The standard InChI is InChI=1S/C54H37NO/c1-4-16-38(17-5-1)42-22-12-23-43(36-42)40-32-34-45(35-33-40)55(46-25-13-24-44(37-46)39-18-6-2-7-19-39)51-30-15-27-47(41-20-8-3-9-21-41)53(51)50-29-14-28-49-48-26-10-11-31-52(48)56-54(49)50/h1-37H. The highest BCUT2D eigenvalue weighted by molar-refractivity contribution is 6.12. The third-order valence-electron chi connectivity index (χ3n) is 10.7. The van der Waals surface area contributed by atoms with Crippen molar-refractivity contribution in [3.05, 3.63) is 224 Å². The summed E-state index contributed by atoms with van der Waals surface area (Å²) in [5.41, 5.74) is 16.5. The Hall–Kier alpha value is -7.42. The van der Waals surface area contributed by atoms with Gasteiger partial charge >= 0.3 is 0 Å². The van der Waals surface area contributed by atoms with Gasteiger partial charge in [0.15, 0.2) is 0 Å². The van der Waals surface area contributed by atoms with Crippen molar-refractivity contribution in [2.75, 3.05) is 4.90 Å². The van der Waals surface area contributed by atoms with E-state index in [4.69, 9.17) is 4.42 Å². The number of furan rings is 1. The lowest BCUT2D eigenvalue weighted by Crippen LogP contribution is -2.12. The van der Waals surface area contributed by atoms with Gasteiger partial charge in [0, 0.05) is 33.3 Å². The lowest BCUT2D eigenvalue weighted by molar-refractivity contribution is 0.670. The maximum absolute atomic E-state index is 6.74. The van der Waals surface area contributed by atoms with Crippen LogP contribution in [0.4, 0.5) is 17.1 Å². The number of fused-ring (bicyclic) bond motifs is 3. The molecule has 1 heterocycles. The van der Waals surface area contributed by atoms with E-state index in [0.29, 0.717) is 0 Å². The quantitative estimate of drug-likeness (QED) is 0.156. The molecule has 0 unspecified atom stereocenters. The third kappa shape index (κ3) is 6.14. The molecule has 0 radical (unpaired) electrons. The van der Waals surface area contributed by atoms with E-state index in [1.54, 1.807) is 0 Å². The topological polar surface area (TPSA) is 16.4 Å². The third-order valence-corrected chi connectivity index (χ3v) is 10.7. The van der Waals surface area contributed by atoms with Crippen molar-refractivity contribution in [1.82, 2.24) is 0 Å². The second-order valence-corrected chi connectivity index (χ2v) is 14.1. The molecule has 0 saturated heterocycles. The van der Waals surface area contributed by atoms with Crippen molar-refractivity contribution in [2.24, 2.45) is 0 Å². The lowest BCUT2D eigenvalue weighted by Gasteiger charge is -2.30. The van der Waals surface area contributed by atoms with Crippen molar-refractivity contribution >= 4 is 39.0 Å². The average Bonchev–Trinajstić information content (AvgIpc) is 3.67. The highest BCUT2D eigenvalue weighted by Gasteiger charge is 2.24. The summed E-state index contributed by atoms with van der Waals surface area (Å²) < 4.78 is 6.74. The van der Waals surface area contributed by atoms with Crippen LogP contribution in [-0.2, 0) is 0 Å². The van der Waals surface area contributed by atoms with Gasteiger partial charge in [-0.3, -0.25) is 0 Å². The molecule has 0 atom stereocenters. The van der Waals surface area contributed by atoms with Crippen LogP contribution in [0.25, 0.3) is 77.6 Å². The van der Waals surface area contributed by atoms with Crippen LogP contribution in [-0.4, -0.2) is 0 Å². The predicted molar refractivity (Wildman–Crippen MR) is 236 cm³/mol. The number of benzene rings is 9. The summed E-state index contributed by atoms with van der Waals surface area (Å²) in [6.45, 7) is 0. The predicted octanol–water partition coefficient (Wildman–Crippen LogP) is 15.4. The first-order valence-electron chi connectivity index (χ1n) is 19.1. The van der Waals surface area contributed by atoms with Gasteiger partial charge in [-0.2, -0.15) is 0 Å². The fraction of sp³-hybridized carbons (Fsp3) is 0. The molecule has 0 amide bonds. The molecular formula is C54H37NO. The van der Waals surface area contributed by atoms with Gasteiger partial charge in [-0.1, -0.05) is 182 Å². The Kier molecular flexibility index (Phi) is 8.55. The number of anilines is 3. The van der Waals surface area contributed by atoms with Crippen LogP contribution in [0.2, 0.25) is 0 Å². The van der Waals surface area contributed by atoms with Crippen molar-refractivity contribution in [1.29, 1.82) is 0 Å². The molecule has 2 heteroatoms. The van der Waals surface area contributed by atoms with Gasteiger partial charge in [0.05, 0.1) is 5.69 Å². The largest absolute Gasteiger partial charge is 0.455 e. The van der Waals surface area contributed by atoms with E-state index in [1.165, 1.54) is 22.3 Å². The zero-order chi connectivity index (χ0) is 37.3. The average molecular weight is 716 g/mol. The first-order chi connectivity index (χ1) is 27.8. The highest BCUT2D eigenvalue weighted by Crippen LogP contribution is 2.48. The minimum atomic E-state index is 0.880. The van der Waals surface area contributed by atoms with E-state index >= 15 is 0 Å². The minimum absolute atomic E-state index is 0.880. The van der Waals surface area contributed by atoms with Crippen LogP contribution >= 0.6 is 0 Å². The van der Waals surface area contributed by atoms with Crippen LogP contribution in [0, 0.1) is 0 Å². The maximum atomic E-state index is 6.74. The SMILES string of the molecule is c1ccc(-c2cccc(-c3ccc(N(c4cccc(-c5ccccc5)c4)c4cccc(-c5ccccc5)c4-c4cccc5c4oc4ccccc45)cc3)c2)cc1. The normalized spacial score (nSPS) is 11.2. The number of hydrogen-bond acceptors (Lipinski definition) is 2. The Morgan fingerprint density at radius 1 is 0.304 bits per heavy atom. The molecule has 0 spiro atoms. The Labute approximate surface area is 327 Å². The molecule has 10 aromatic rings. The molecule has 56 heavy (non-hydrogen) atoms. The summed E-state index contributed by atoms with van der Waals surface area (Å²) in [5.74, 6) is 0. The molecule has 0 N–H and O–H groups in total. The summed E-state index contributed by atoms with van der Waals surface area (Å²) in [6, 6.07) is 80.0. The van der Waals surface area contributed by atoms with E-state index in [-0.39, 0.29) is 0 Å². The van der Waals surface area contributed by atoms with Gasteiger partial charge in [0.1, 0.15) is 11.2 Å². The van der Waals surface area contributed by atoms with Crippen molar-refractivity contribution in [3.63, 3.8) is 0 Å². The van der Waals surface area contributed by atoms with Gasteiger partial charge in [0.2, 0.25) is 0 Å². The molecule has 10 rings (SSSR count). The summed E-state index contributed by atoms with van der Waals surface area (Å²) in [7, 11) is 0. The summed E-state index contributed by atoms with van der Waals surface area (Å²) in [5, 5.41) is 2.22. The maximum Gasteiger partial charge on any atom is 0.143 e. The van der Waals surface area contributed by atoms with Crippen LogP contribution in [0.1, 0.15) is 0 Å². The molecule has 0 bridgehead atoms. The number of rotatable bonds is 8. The lowest BCUT2D eigenvalue weighted by atomic mass is 9.91. The number of nitrogens with zero attached hydrogens (tertiary/aromatic N) is 1. The fourth-order valence-electron chi connectivity index (χ4n) is 8.01. The van der Waals surface area contributed by atoms with Gasteiger partial charge in [-0.05, 0) is 87.0 Å². The summed E-state index contributed by atoms with van der Waals surface area (Å²) in [6.07, 6.45) is 0. The molecule has 1 aromatic heterocycles. The van der Waals surface area contributed by atoms with Gasteiger partial charge in [-0.25, -0.2) is 0 Å². The zero-order valence-electron chi connectivity index (χ0n) is 30.7. The van der Waals surface area contributed by atoms with Crippen LogP contribution in [0.5, 0.6) is 0 Å². The summed E-state index contributed by atoms with van der Waals surface area (Å²) in [4.78, 5) is 2.40. The Morgan fingerprint density at radius 3 is 1.50 bits per heavy atom. The second-order valence-electron chi connectivity index (χ2n) is 14.1. The molecule has 0 aliphatic carbocycles. The van der Waals surface area contributed by atoms with E-state index in [9.17, 15) is 0 Å². The Balaban J connectivity index is 1.20. The molecule has 2 nitrogen and oxygen atoms in total. The second kappa shape index (κ2) is 14.4. The van der Waals surface area contributed by atoms with Crippen molar-refractivity contribution in [2.45, 2.75) is 0 Å². The monoisotopic (exact) mass is 715 g/mol. The number of hydrogen-bond donors (Lipinski definition) is 0. The van der Waals surface area contributed by atoms with Gasteiger partial charge < -0.3 is 9.32 Å². The number of para-hydroxylation sites is 2.